The van der Waals surface area contributed by atoms with Crippen molar-refractivity contribution in [3.05, 3.63) is 48.3 Å². The maximum atomic E-state index is 11.7. The summed E-state index contributed by atoms with van der Waals surface area (Å²) in [5.41, 5.74) is 2.06. The molecule has 0 saturated carbocycles. The second kappa shape index (κ2) is 10.4. The first-order valence-electron chi connectivity index (χ1n) is 10.0. The van der Waals surface area contributed by atoms with E-state index < -0.39 is 18.0 Å². The average Bonchev–Trinajstić information content (AvgIpc) is 2.78. The molecule has 2 aromatic carbocycles. The van der Waals surface area contributed by atoms with Gasteiger partial charge in [-0.2, -0.15) is 0 Å². The van der Waals surface area contributed by atoms with Gasteiger partial charge in [0.2, 0.25) is 5.91 Å². The van der Waals surface area contributed by atoms with Crippen molar-refractivity contribution in [3.63, 3.8) is 0 Å². The van der Waals surface area contributed by atoms with E-state index in [0.29, 0.717) is 28.2 Å². The maximum Gasteiger partial charge on any atom is 0.308 e. The van der Waals surface area contributed by atoms with Crippen molar-refractivity contribution in [1.29, 1.82) is 0 Å². The van der Waals surface area contributed by atoms with Crippen LogP contribution in [0.3, 0.4) is 0 Å². The molecule has 2 N–H and O–H groups in total. The summed E-state index contributed by atoms with van der Waals surface area (Å²) in [6.45, 7) is 2.69. The minimum Gasteiger partial charge on any atom is -0.493 e. The van der Waals surface area contributed by atoms with E-state index in [0.717, 1.165) is 5.56 Å². The smallest absolute Gasteiger partial charge is 0.308 e. The van der Waals surface area contributed by atoms with Gasteiger partial charge >= 0.3 is 11.9 Å². The highest BCUT2D eigenvalue weighted by atomic mass is 16.6. The second-order valence-electron chi connectivity index (χ2n) is 7.12. The highest BCUT2D eigenvalue weighted by Crippen LogP contribution is 2.35. The third-order valence-electron chi connectivity index (χ3n) is 4.73. The zero-order valence-electron chi connectivity index (χ0n) is 18.7. The Balaban J connectivity index is 1.89. The van der Waals surface area contributed by atoms with Crippen LogP contribution < -0.4 is 20.1 Å². The van der Waals surface area contributed by atoms with Crippen molar-refractivity contribution in [3.8, 4) is 11.5 Å². The molecule has 0 radical (unpaired) electrons. The molecule has 0 spiro atoms. The lowest BCUT2D eigenvalue weighted by Crippen LogP contribution is -2.28. The molecule has 3 rings (SSSR count). The summed E-state index contributed by atoms with van der Waals surface area (Å²) in [5.74, 6) is -0.0278. The van der Waals surface area contributed by atoms with Crippen LogP contribution >= 0.6 is 0 Å². The molecule has 33 heavy (non-hydrogen) atoms. The van der Waals surface area contributed by atoms with E-state index in [2.05, 4.69) is 20.6 Å². The lowest BCUT2D eigenvalue weighted by atomic mass is 10.0. The molecule has 0 bridgehead atoms. The molecule has 0 aliphatic carbocycles. The van der Waals surface area contributed by atoms with Crippen LogP contribution in [0.2, 0.25) is 0 Å². The first-order valence-corrected chi connectivity index (χ1v) is 10.0. The summed E-state index contributed by atoms with van der Waals surface area (Å²) in [6.07, 6.45) is 1.42. The number of methoxy groups -OCH3 is 2. The van der Waals surface area contributed by atoms with E-state index in [4.69, 9.17) is 14.2 Å². The van der Waals surface area contributed by atoms with Crippen molar-refractivity contribution in [2.24, 2.45) is 0 Å². The maximum absolute atomic E-state index is 11.7. The first kappa shape index (κ1) is 23.5. The number of fused-ring (bicyclic) bond motifs is 1. The molecule has 1 aromatic heterocycles. The van der Waals surface area contributed by atoms with Crippen molar-refractivity contribution in [1.82, 2.24) is 15.3 Å². The van der Waals surface area contributed by atoms with Crippen LogP contribution in [-0.2, 0) is 19.1 Å². The number of esters is 2. The van der Waals surface area contributed by atoms with E-state index in [-0.39, 0.29) is 18.1 Å². The Morgan fingerprint density at radius 2 is 1.73 bits per heavy atom. The molecular formula is C23H24N4O6. The predicted octanol–water partition coefficient (Wildman–Crippen LogP) is 3.05. The molecular weight excluding hydrogens is 428 g/mol. The number of aromatic nitrogens is 2. The number of hydrogen-bond donors (Lipinski definition) is 2. The monoisotopic (exact) mass is 452 g/mol. The lowest BCUT2D eigenvalue weighted by Gasteiger charge is -2.18. The topological polar surface area (TPSA) is 129 Å². The van der Waals surface area contributed by atoms with Gasteiger partial charge in [0.05, 0.1) is 32.2 Å². The number of hydrogen-bond acceptors (Lipinski definition) is 9. The lowest BCUT2D eigenvalue weighted by molar-refractivity contribution is -0.141. The number of carbonyl (C=O) groups is 3. The van der Waals surface area contributed by atoms with E-state index in [1.165, 1.54) is 34.4 Å². The van der Waals surface area contributed by atoms with Gasteiger partial charge in [-0.15, -0.1) is 0 Å². The van der Waals surface area contributed by atoms with E-state index in [1.54, 1.807) is 36.4 Å². The summed E-state index contributed by atoms with van der Waals surface area (Å²) >= 11 is 0. The number of ether oxygens (including phenoxy) is 3. The number of nitrogens with zero attached hydrogens (tertiary/aromatic N) is 2. The Morgan fingerprint density at radius 3 is 2.33 bits per heavy atom. The molecule has 1 atom stereocenters. The molecule has 10 nitrogen and oxygen atoms in total. The summed E-state index contributed by atoms with van der Waals surface area (Å²) in [6, 6.07) is 9.97. The molecule has 0 saturated heterocycles. The van der Waals surface area contributed by atoms with Crippen LogP contribution in [0.15, 0.2) is 42.7 Å². The fourth-order valence-electron chi connectivity index (χ4n) is 3.24. The molecule has 1 heterocycles. The quantitative estimate of drug-likeness (QED) is 0.391. The Kier molecular flexibility index (Phi) is 7.39. The molecule has 0 aliphatic rings. The Bertz CT molecular complexity index is 1180. The molecule has 3 aromatic rings. The third-order valence-corrected chi connectivity index (χ3v) is 4.73. The van der Waals surface area contributed by atoms with Crippen molar-refractivity contribution in [2.75, 3.05) is 19.5 Å². The predicted molar refractivity (Wildman–Crippen MR) is 120 cm³/mol. The molecule has 0 aliphatic heterocycles. The SMILES string of the molecule is COC(=O)CC(NC(C)=O)c1ccc(Nc2ncnc3cc(OC)c(OC(C)=O)cc23)cc1. The normalized spacial score (nSPS) is 11.4. The van der Waals surface area contributed by atoms with Gasteiger partial charge in [0.25, 0.3) is 0 Å². The molecule has 1 amide bonds. The Hall–Kier alpha value is -4.21. The van der Waals surface area contributed by atoms with E-state index >= 15 is 0 Å². The summed E-state index contributed by atoms with van der Waals surface area (Å²) in [7, 11) is 2.78. The number of rotatable bonds is 8. The first-order chi connectivity index (χ1) is 15.8. The van der Waals surface area contributed by atoms with Crippen LogP contribution in [0.25, 0.3) is 10.9 Å². The largest absolute Gasteiger partial charge is 0.493 e. The van der Waals surface area contributed by atoms with E-state index in [9.17, 15) is 14.4 Å². The zero-order chi connectivity index (χ0) is 24.0. The summed E-state index contributed by atoms with van der Waals surface area (Å²) in [4.78, 5) is 43.3. The number of nitrogens with one attached hydrogen (secondary N) is 2. The average molecular weight is 452 g/mol. The van der Waals surface area contributed by atoms with E-state index in [1.807, 2.05) is 0 Å². The summed E-state index contributed by atoms with van der Waals surface area (Å²) in [5, 5.41) is 6.59. The van der Waals surface area contributed by atoms with Gasteiger partial charge < -0.3 is 24.8 Å². The molecule has 0 fully saturated rings. The minimum atomic E-state index is -0.511. The van der Waals surface area contributed by atoms with Crippen molar-refractivity contribution >= 4 is 40.3 Å². The Morgan fingerprint density at radius 1 is 1.00 bits per heavy atom. The second-order valence-corrected chi connectivity index (χ2v) is 7.12. The van der Waals surface area contributed by atoms with Gasteiger partial charge in [0.1, 0.15) is 12.1 Å². The molecule has 172 valence electrons. The third kappa shape index (κ3) is 5.94. The van der Waals surface area contributed by atoms with Crippen molar-refractivity contribution in [2.45, 2.75) is 26.3 Å². The van der Waals surface area contributed by atoms with Crippen LogP contribution in [-0.4, -0.2) is 42.0 Å². The van der Waals surface area contributed by atoms with Gasteiger partial charge in [0.15, 0.2) is 11.5 Å². The fraction of sp³-hybridized carbons (Fsp3) is 0.261. The van der Waals surface area contributed by atoms with Gasteiger partial charge in [-0.3, -0.25) is 14.4 Å². The molecule has 1 unspecified atom stereocenters. The number of amides is 1. The minimum absolute atomic E-state index is 0.0140. The number of benzene rings is 2. The fourth-order valence-corrected chi connectivity index (χ4v) is 3.24. The van der Waals surface area contributed by atoms with Crippen molar-refractivity contribution < 1.29 is 28.6 Å². The van der Waals surface area contributed by atoms with Gasteiger partial charge in [-0.25, -0.2) is 9.97 Å². The standard InChI is InChI=1S/C23H24N4O6/c1-13(28)26-18(11-22(30)32-4)15-5-7-16(8-6-15)27-23-17-9-21(33-14(2)29)20(31-3)10-19(17)24-12-25-23/h5-10,12,18H,11H2,1-4H3,(H,26,28)(H,24,25,27). The van der Waals surface area contributed by atoms with Crippen LogP contribution in [0.1, 0.15) is 31.9 Å². The van der Waals surface area contributed by atoms with Gasteiger partial charge in [-0.05, 0) is 23.8 Å². The van der Waals surface area contributed by atoms with Crippen LogP contribution in [0, 0.1) is 0 Å². The highest BCUT2D eigenvalue weighted by molar-refractivity contribution is 5.93. The Labute approximate surface area is 190 Å². The van der Waals surface area contributed by atoms with Gasteiger partial charge in [0, 0.05) is 31.0 Å². The summed E-state index contributed by atoms with van der Waals surface area (Å²) < 4.78 is 15.3. The zero-order valence-corrected chi connectivity index (χ0v) is 18.7. The van der Waals surface area contributed by atoms with Crippen LogP contribution in [0.5, 0.6) is 11.5 Å². The number of carbonyl (C=O) groups excluding carboxylic acids is 3. The highest BCUT2D eigenvalue weighted by Gasteiger charge is 2.18. The van der Waals surface area contributed by atoms with Gasteiger partial charge in [-0.1, -0.05) is 12.1 Å². The number of anilines is 2. The molecule has 10 heteroatoms. The van der Waals surface area contributed by atoms with Crippen LogP contribution in [0.4, 0.5) is 11.5 Å².